The van der Waals surface area contributed by atoms with Gasteiger partial charge in [0.05, 0.1) is 6.61 Å². The first-order valence-electron chi connectivity index (χ1n) is 6.48. The minimum absolute atomic E-state index is 0.183. The molecule has 92 valence electrons. The summed E-state index contributed by atoms with van der Waals surface area (Å²) in [5, 5.41) is 0. The molecule has 1 aromatic rings. The number of benzene rings is 1. The van der Waals surface area contributed by atoms with Gasteiger partial charge in [-0.3, -0.25) is 0 Å². The number of para-hydroxylation sites is 1. The van der Waals surface area contributed by atoms with Crippen molar-refractivity contribution in [2.45, 2.75) is 38.1 Å². The molecule has 1 saturated heterocycles. The third-order valence-electron chi connectivity index (χ3n) is 4.14. The van der Waals surface area contributed by atoms with E-state index in [1.54, 1.807) is 0 Å². The molecule has 2 heteroatoms. The fourth-order valence-corrected chi connectivity index (χ4v) is 3.17. The van der Waals surface area contributed by atoms with Crippen LogP contribution in [-0.2, 0) is 10.2 Å². The first kappa shape index (κ1) is 11.1. The second kappa shape index (κ2) is 3.49. The normalized spacial score (nSPS) is 27.8. The van der Waals surface area contributed by atoms with Gasteiger partial charge in [0.1, 0.15) is 0 Å². The fraction of sp³-hybridized carbons (Fsp3) is 0.600. The molecule has 1 unspecified atom stereocenters. The van der Waals surface area contributed by atoms with Crippen molar-refractivity contribution >= 4 is 5.69 Å². The minimum Gasteiger partial charge on any atom is -0.380 e. The highest BCUT2D eigenvalue weighted by atomic mass is 16.5. The molecule has 2 aliphatic rings. The summed E-state index contributed by atoms with van der Waals surface area (Å²) in [5.74, 6) is 0. The largest absolute Gasteiger partial charge is 0.380 e. The summed E-state index contributed by atoms with van der Waals surface area (Å²) in [4.78, 5) is 2.54. The molecule has 2 nitrogen and oxygen atoms in total. The maximum atomic E-state index is 5.67. The highest BCUT2D eigenvalue weighted by Gasteiger charge is 2.47. The van der Waals surface area contributed by atoms with Crippen LogP contribution in [0.3, 0.4) is 0 Å². The van der Waals surface area contributed by atoms with E-state index >= 15 is 0 Å². The maximum Gasteiger partial charge on any atom is 0.0581 e. The highest BCUT2D eigenvalue weighted by molar-refractivity contribution is 5.64. The molecule has 0 radical (unpaired) electrons. The maximum absolute atomic E-state index is 5.67. The summed E-state index contributed by atoms with van der Waals surface area (Å²) in [7, 11) is 0. The van der Waals surface area contributed by atoms with E-state index in [1.807, 2.05) is 0 Å². The molecule has 17 heavy (non-hydrogen) atoms. The number of hydrogen-bond acceptors (Lipinski definition) is 2. The van der Waals surface area contributed by atoms with Crippen molar-refractivity contribution < 1.29 is 4.74 Å². The van der Waals surface area contributed by atoms with Crippen molar-refractivity contribution in [1.82, 2.24) is 0 Å². The van der Waals surface area contributed by atoms with Gasteiger partial charge in [0.15, 0.2) is 0 Å². The number of anilines is 1. The molecule has 3 rings (SSSR count). The Kier molecular flexibility index (Phi) is 2.27. The monoisotopic (exact) mass is 231 g/mol. The highest BCUT2D eigenvalue weighted by Crippen LogP contribution is 2.47. The number of nitrogens with zero attached hydrogens (tertiary/aromatic N) is 1. The van der Waals surface area contributed by atoms with E-state index in [2.05, 4.69) is 49.9 Å². The molecule has 2 aliphatic heterocycles. The molecule has 0 amide bonds. The van der Waals surface area contributed by atoms with Gasteiger partial charge in [-0.1, -0.05) is 18.2 Å². The zero-order chi connectivity index (χ0) is 12.1. The Morgan fingerprint density at radius 1 is 1.24 bits per heavy atom. The van der Waals surface area contributed by atoms with Gasteiger partial charge in [-0.05, 0) is 38.8 Å². The average molecular weight is 231 g/mol. The minimum atomic E-state index is 0.183. The van der Waals surface area contributed by atoms with E-state index in [0.29, 0.717) is 0 Å². The quantitative estimate of drug-likeness (QED) is 0.680. The van der Waals surface area contributed by atoms with Crippen LogP contribution in [0.2, 0.25) is 0 Å². The van der Waals surface area contributed by atoms with Crippen molar-refractivity contribution in [2.75, 3.05) is 24.7 Å². The van der Waals surface area contributed by atoms with E-state index in [-0.39, 0.29) is 11.0 Å². The SMILES string of the molecule is CC(C)(C)N1CC2(CCOC2)c2ccccc21. The molecule has 1 atom stereocenters. The van der Waals surface area contributed by atoms with E-state index < -0.39 is 0 Å². The predicted octanol–water partition coefficient (Wildman–Crippen LogP) is 2.96. The van der Waals surface area contributed by atoms with Gasteiger partial charge in [0.25, 0.3) is 0 Å². The lowest BCUT2D eigenvalue weighted by atomic mass is 9.82. The fourth-order valence-electron chi connectivity index (χ4n) is 3.17. The predicted molar refractivity (Wildman–Crippen MR) is 70.7 cm³/mol. The van der Waals surface area contributed by atoms with E-state index in [9.17, 15) is 0 Å². The smallest absolute Gasteiger partial charge is 0.0581 e. The topological polar surface area (TPSA) is 12.5 Å². The Morgan fingerprint density at radius 3 is 2.65 bits per heavy atom. The van der Waals surface area contributed by atoms with E-state index in [1.165, 1.54) is 11.3 Å². The van der Waals surface area contributed by atoms with Crippen molar-refractivity contribution in [2.24, 2.45) is 0 Å². The lowest BCUT2D eigenvalue weighted by Crippen LogP contribution is -2.44. The van der Waals surface area contributed by atoms with Crippen LogP contribution in [0.4, 0.5) is 5.69 Å². The van der Waals surface area contributed by atoms with Gasteiger partial charge >= 0.3 is 0 Å². The zero-order valence-corrected chi connectivity index (χ0v) is 11.0. The van der Waals surface area contributed by atoms with Crippen LogP contribution in [0.25, 0.3) is 0 Å². The van der Waals surface area contributed by atoms with Crippen LogP contribution in [0.1, 0.15) is 32.8 Å². The van der Waals surface area contributed by atoms with Crippen LogP contribution in [0.15, 0.2) is 24.3 Å². The lowest BCUT2D eigenvalue weighted by molar-refractivity contribution is 0.179. The molecule has 1 fully saturated rings. The number of ether oxygens (including phenoxy) is 1. The van der Waals surface area contributed by atoms with Crippen molar-refractivity contribution in [1.29, 1.82) is 0 Å². The average Bonchev–Trinajstić information content (AvgIpc) is 2.86. The van der Waals surface area contributed by atoms with Gasteiger partial charge in [0, 0.05) is 29.8 Å². The van der Waals surface area contributed by atoms with Gasteiger partial charge in [-0.15, -0.1) is 0 Å². The molecule has 0 saturated carbocycles. The first-order chi connectivity index (χ1) is 8.03. The third-order valence-corrected chi connectivity index (χ3v) is 4.14. The Labute approximate surface area is 104 Å². The Balaban J connectivity index is 2.10. The molecule has 1 aromatic carbocycles. The number of fused-ring (bicyclic) bond motifs is 2. The summed E-state index contributed by atoms with van der Waals surface area (Å²) in [6.07, 6.45) is 1.16. The van der Waals surface area contributed by atoms with Gasteiger partial charge in [-0.25, -0.2) is 0 Å². The molecular formula is C15H21NO. The molecule has 0 bridgehead atoms. The van der Waals surface area contributed by atoms with Crippen LogP contribution in [0.5, 0.6) is 0 Å². The van der Waals surface area contributed by atoms with E-state index in [4.69, 9.17) is 4.74 Å². The summed E-state index contributed by atoms with van der Waals surface area (Å²) in [6, 6.07) is 8.85. The van der Waals surface area contributed by atoms with Crippen LogP contribution in [0, 0.1) is 0 Å². The van der Waals surface area contributed by atoms with Gasteiger partial charge in [0.2, 0.25) is 0 Å². The standard InChI is InChI=1S/C15H21NO/c1-14(2,3)16-10-15(8-9-17-11-15)12-6-4-5-7-13(12)16/h4-7H,8-11H2,1-3H3. The van der Waals surface area contributed by atoms with Crippen LogP contribution in [-0.4, -0.2) is 25.3 Å². The number of hydrogen-bond donors (Lipinski definition) is 0. The molecule has 0 aromatic heterocycles. The summed E-state index contributed by atoms with van der Waals surface area (Å²) in [5.41, 5.74) is 3.34. The van der Waals surface area contributed by atoms with E-state index in [0.717, 1.165) is 26.2 Å². The summed E-state index contributed by atoms with van der Waals surface area (Å²) >= 11 is 0. The Morgan fingerprint density at radius 2 is 2.00 bits per heavy atom. The van der Waals surface area contributed by atoms with Crippen LogP contribution < -0.4 is 4.90 Å². The van der Waals surface area contributed by atoms with Crippen molar-refractivity contribution in [3.63, 3.8) is 0 Å². The molecule has 0 N–H and O–H groups in total. The summed E-state index contributed by atoms with van der Waals surface area (Å²) < 4.78 is 5.67. The third kappa shape index (κ3) is 1.58. The first-order valence-corrected chi connectivity index (χ1v) is 6.48. The Hall–Kier alpha value is -1.02. The second-order valence-corrected chi connectivity index (χ2v) is 6.36. The van der Waals surface area contributed by atoms with Crippen molar-refractivity contribution in [3.8, 4) is 0 Å². The molecule has 0 aliphatic carbocycles. The number of rotatable bonds is 0. The Bertz CT molecular complexity index is 427. The molecule has 1 spiro atoms. The molecule has 2 heterocycles. The van der Waals surface area contributed by atoms with Gasteiger partial charge < -0.3 is 9.64 Å². The van der Waals surface area contributed by atoms with Gasteiger partial charge in [-0.2, -0.15) is 0 Å². The molecular weight excluding hydrogens is 210 g/mol. The lowest BCUT2D eigenvalue weighted by Gasteiger charge is -2.36. The van der Waals surface area contributed by atoms with Crippen LogP contribution >= 0.6 is 0 Å². The van der Waals surface area contributed by atoms with Crippen molar-refractivity contribution in [3.05, 3.63) is 29.8 Å². The summed E-state index contributed by atoms with van der Waals surface area (Å²) in [6.45, 7) is 9.77. The zero-order valence-electron chi connectivity index (χ0n) is 11.0. The second-order valence-electron chi connectivity index (χ2n) is 6.36.